The molecule has 2 saturated carbocycles. The SMILES string of the molecule is OC1(CNC2CCCCCC2)CCCCC1. The molecule has 2 aliphatic rings. The van der Waals surface area contributed by atoms with Gasteiger partial charge < -0.3 is 10.4 Å². The third kappa shape index (κ3) is 3.74. The molecule has 2 heteroatoms. The molecular weight excluding hydrogens is 198 g/mol. The molecule has 2 rings (SSSR count). The van der Waals surface area contributed by atoms with Crippen molar-refractivity contribution >= 4 is 0 Å². The van der Waals surface area contributed by atoms with Gasteiger partial charge in [-0.1, -0.05) is 44.9 Å². The summed E-state index contributed by atoms with van der Waals surface area (Å²) in [6, 6.07) is 0.674. The van der Waals surface area contributed by atoms with Crippen molar-refractivity contribution < 1.29 is 5.11 Å². The van der Waals surface area contributed by atoms with E-state index in [1.165, 1.54) is 57.8 Å². The van der Waals surface area contributed by atoms with Gasteiger partial charge in [0.2, 0.25) is 0 Å². The van der Waals surface area contributed by atoms with E-state index in [-0.39, 0.29) is 5.60 Å². The van der Waals surface area contributed by atoms with Crippen LogP contribution in [0, 0.1) is 0 Å². The smallest absolute Gasteiger partial charge is 0.0771 e. The third-order valence-corrected chi connectivity index (χ3v) is 4.36. The highest BCUT2D eigenvalue weighted by Gasteiger charge is 2.29. The van der Waals surface area contributed by atoms with E-state index >= 15 is 0 Å². The Morgan fingerprint density at radius 3 is 2.06 bits per heavy atom. The van der Waals surface area contributed by atoms with Gasteiger partial charge in [-0.25, -0.2) is 0 Å². The topological polar surface area (TPSA) is 32.3 Å². The van der Waals surface area contributed by atoms with Crippen LogP contribution in [0.4, 0.5) is 0 Å². The van der Waals surface area contributed by atoms with Crippen LogP contribution in [0.3, 0.4) is 0 Å². The first-order valence-electron chi connectivity index (χ1n) is 7.24. The van der Waals surface area contributed by atoms with Crippen LogP contribution < -0.4 is 5.32 Å². The molecule has 0 atom stereocenters. The van der Waals surface area contributed by atoms with Crippen LogP contribution >= 0.6 is 0 Å². The summed E-state index contributed by atoms with van der Waals surface area (Å²) in [7, 11) is 0. The van der Waals surface area contributed by atoms with E-state index in [0.29, 0.717) is 6.04 Å². The number of aliphatic hydroxyl groups is 1. The molecule has 2 aliphatic carbocycles. The summed E-state index contributed by atoms with van der Waals surface area (Å²) in [6.07, 6.45) is 13.9. The van der Waals surface area contributed by atoms with Gasteiger partial charge in [-0.3, -0.25) is 0 Å². The average molecular weight is 225 g/mol. The van der Waals surface area contributed by atoms with Crippen LogP contribution in [0.5, 0.6) is 0 Å². The molecule has 0 aromatic heterocycles. The van der Waals surface area contributed by atoms with Gasteiger partial charge in [0.1, 0.15) is 0 Å². The van der Waals surface area contributed by atoms with Crippen LogP contribution in [0.15, 0.2) is 0 Å². The predicted octanol–water partition coefficient (Wildman–Crippen LogP) is 2.99. The number of rotatable bonds is 3. The summed E-state index contributed by atoms with van der Waals surface area (Å²) in [5, 5.41) is 14.0. The lowest BCUT2D eigenvalue weighted by Gasteiger charge is -2.33. The molecule has 0 heterocycles. The Morgan fingerprint density at radius 2 is 1.44 bits per heavy atom. The molecular formula is C14H27NO. The summed E-state index contributed by atoms with van der Waals surface area (Å²) >= 11 is 0. The normalized spacial score (nSPS) is 27.6. The van der Waals surface area contributed by atoms with Crippen LogP contribution in [0.1, 0.15) is 70.6 Å². The van der Waals surface area contributed by atoms with Crippen molar-refractivity contribution in [2.75, 3.05) is 6.54 Å². The second kappa shape index (κ2) is 6.02. The predicted molar refractivity (Wildman–Crippen MR) is 67.5 cm³/mol. The Balaban J connectivity index is 1.72. The van der Waals surface area contributed by atoms with Crippen LogP contribution in [0.2, 0.25) is 0 Å². The van der Waals surface area contributed by atoms with E-state index in [4.69, 9.17) is 0 Å². The van der Waals surface area contributed by atoms with Gasteiger partial charge in [-0.15, -0.1) is 0 Å². The van der Waals surface area contributed by atoms with Crippen molar-refractivity contribution in [3.8, 4) is 0 Å². The lowest BCUT2D eigenvalue weighted by Crippen LogP contribution is -2.45. The number of hydrogen-bond donors (Lipinski definition) is 2. The number of hydrogen-bond acceptors (Lipinski definition) is 2. The van der Waals surface area contributed by atoms with Crippen molar-refractivity contribution in [1.29, 1.82) is 0 Å². The second-order valence-corrected chi connectivity index (χ2v) is 5.85. The monoisotopic (exact) mass is 225 g/mol. The Bertz CT molecular complexity index is 191. The molecule has 0 bridgehead atoms. The Morgan fingerprint density at radius 1 is 0.875 bits per heavy atom. The third-order valence-electron chi connectivity index (χ3n) is 4.36. The van der Waals surface area contributed by atoms with Gasteiger partial charge in [0.25, 0.3) is 0 Å². The van der Waals surface area contributed by atoms with Gasteiger partial charge in [-0.2, -0.15) is 0 Å². The van der Waals surface area contributed by atoms with Crippen LogP contribution in [-0.4, -0.2) is 23.3 Å². The van der Waals surface area contributed by atoms with E-state index in [9.17, 15) is 5.11 Å². The van der Waals surface area contributed by atoms with E-state index in [1.807, 2.05) is 0 Å². The largest absolute Gasteiger partial charge is 0.389 e. The zero-order valence-corrected chi connectivity index (χ0v) is 10.5. The van der Waals surface area contributed by atoms with Crippen LogP contribution in [0.25, 0.3) is 0 Å². The zero-order valence-electron chi connectivity index (χ0n) is 10.5. The summed E-state index contributed by atoms with van der Waals surface area (Å²) in [4.78, 5) is 0. The molecule has 16 heavy (non-hydrogen) atoms. The maximum atomic E-state index is 10.4. The summed E-state index contributed by atoms with van der Waals surface area (Å²) < 4.78 is 0. The quantitative estimate of drug-likeness (QED) is 0.724. The zero-order chi connectivity index (χ0) is 11.3. The minimum atomic E-state index is -0.384. The van der Waals surface area contributed by atoms with E-state index in [1.54, 1.807) is 0 Å². The fraction of sp³-hybridized carbons (Fsp3) is 1.00. The molecule has 0 aromatic rings. The molecule has 0 unspecified atom stereocenters. The van der Waals surface area contributed by atoms with Crippen molar-refractivity contribution in [2.45, 2.75) is 82.3 Å². The van der Waals surface area contributed by atoms with E-state index in [0.717, 1.165) is 19.4 Å². The standard InChI is InChI=1S/C14H27NO/c16-14(10-6-3-7-11-14)12-15-13-8-4-1-2-5-9-13/h13,15-16H,1-12H2. The highest BCUT2D eigenvalue weighted by molar-refractivity contribution is 4.86. The molecule has 0 saturated heterocycles. The van der Waals surface area contributed by atoms with E-state index < -0.39 is 0 Å². The first-order chi connectivity index (χ1) is 7.79. The average Bonchev–Trinajstić information content (AvgIpc) is 2.56. The number of nitrogens with one attached hydrogen (secondary N) is 1. The lowest BCUT2D eigenvalue weighted by atomic mass is 9.84. The Kier molecular flexibility index (Phi) is 4.66. The van der Waals surface area contributed by atoms with Gasteiger partial charge in [0, 0.05) is 12.6 Å². The molecule has 0 aliphatic heterocycles. The minimum Gasteiger partial charge on any atom is -0.389 e. The maximum absolute atomic E-state index is 10.4. The fourth-order valence-electron chi connectivity index (χ4n) is 3.20. The molecule has 0 spiro atoms. The molecule has 2 N–H and O–H groups in total. The Hall–Kier alpha value is -0.0800. The van der Waals surface area contributed by atoms with Crippen molar-refractivity contribution in [1.82, 2.24) is 5.32 Å². The molecule has 0 amide bonds. The first kappa shape index (κ1) is 12.4. The maximum Gasteiger partial charge on any atom is 0.0771 e. The van der Waals surface area contributed by atoms with Crippen molar-refractivity contribution in [3.05, 3.63) is 0 Å². The highest BCUT2D eigenvalue weighted by Crippen LogP contribution is 2.28. The molecule has 0 radical (unpaired) electrons. The molecule has 94 valence electrons. The highest BCUT2D eigenvalue weighted by atomic mass is 16.3. The fourth-order valence-corrected chi connectivity index (χ4v) is 3.20. The Labute approximate surface area is 99.8 Å². The van der Waals surface area contributed by atoms with E-state index in [2.05, 4.69) is 5.32 Å². The minimum absolute atomic E-state index is 0.384. The summed E-state index contributed by atoms with van der Waals surface area (Å²) in [5.41, 5.74) is -0.384. The molecule has 0 aromatic carbocycles. The summed E-state index contributed by atoms with van der Waals surface area (Å²) in [5.74, 6) is 0. The summed E-state index contributed by atoms with van der Waals surface area (Å²) in [6.45, 7) is 0.831. The lowest BCUT2D eigenvalue weighted by molar-refractivity contribution is 0.00227. The first-order valence-corrected chi connectivity index (χ1v) is 7.24. The van der Waals surface area contributed by atoms with Gasteiger partial charge in [-0.05, 0) is 25.7 Å². The second-order valence-electron chi connectivity index (χ2n) is 5.85. The van der Waals surface area contributed by atoms with Gasteiger partial charge >= 0.3 is 0 Å². The van der Waals surface area contributed by atoms with Crippen LogP contribution in [-0.2, 0) is 0 Å². The van der Waals surface area contributed by atoms with Gasteiger partial charge in [0.05, 0.1) is 5.60 Å². The van der Waals surface area contributed by atoms with Gasteiger partial charge in [0.15, 0.2) is 0 Å². The molecule has 2 fully saturated rings. The van der Waals surface area contributed by atoms with Crippen molar-refractivity contribution in [3.63, 3.8) is 0 Å². The van der Waals surface area contributed by atoms with Crippen molar-refractivity contribution in [2.24, 2.45) is 0 Å². The molecule has 2 nitrogen and oxygen atoms in total.